The molecule has 0 atom stereocenters. The number of hydrogen-bond donors (Lipinski definition) is 0. The highest BCUT2D eigenvalue weighted by Crippen LogP contribution is 2.34. The first-order valence-corrected chi connectivity index (χ1v) is 9.49. The summed E-state index contributed by atoms with van der Waals surface area (Å²) in [6.45, 7) is 11.8. The molecule has 2 aromatic carbocycles. The number of benzene rings is 2. The van der Waals surface area contributed by atoms with Gasteiger partial charge in [0.25, 0.3) is 0 Å². The number of aromatic nitrogens is 2. The summed E-state index contributed by atoms with van der Waals surface area (Å²) in [7, 11) is 0. The molecule has 0 saturated heterocycles. The molecule has 1 heterocycles. The van der Waals surface area contributed by atoms with Gasteiger partial charge in [-0.3, -0.25) is 0 Å². The molecule has 4 nitrogen and oxygen atoms in total. The predicted octanol–water partition coefficient (Wildman–Crippen LogP) is 5.63. The lowest BCUT2D eigenvalue weighted by Crippen LogP contribution is -2.10. The lowest BCUT2D eigenvalue weighted by Gasteiger charge is -2.18. The molecule has 27 heavy (non-hydrogen) atoms. The molecule has 0 unspecified atom stereocenters. The van der Waals surface area contributed by atoms with Crippen LogP contribution in [0, 0.1) is 0 Å². The summed E-state index contributed by atoms with van der Waals surface area (Å²) in [4.78, 5) is 0. The van der Waals surface area contributed by atoms with Crippen LogP contribution in [0.3, 0.4) is 0 Å². The summed E-state index contributed by atoms with van der Waals surface area (Å²) in [5, 5.41) is 4.77. The van der Waals surface area contributed by atoms with Crippen molar-refractivity contribution in [2.45, 2.75) is 40.0 Å². The second-order valence-electron chi connectivity index (χ2n) is 7.44. The second kappa shape index (κ2) is 7.87. The highest BCUT2D eigenvalue weighted by Gasteiger charge is 2.15. The molecule has 0 N–H and O–H groups in total. The van der Waals surface area contributed by atoms with E-state index in [-0.39, 0.29) is 5.41 Å². The summed E-state index contributed by atoms with van der Waals surface area (Å²) in [6, 6.07) is 16.5. The van der Waals surface area contributed by atoms with Gasteiger partial charge >= 0.3 is 0 Å². The van der Waals surface area contributed by atoms with Gasteiger partial charge in [-0.05, 0) is 43.0 Å². The zero-order valence-electron chi connectivity index (χ0n) is 16.8. The van der Waals surface area contributed by atoms with Crippen molar-refractivity contribution in [3.05, 3.63) is 60.3 Å². The van der Waals surface area contributed by atoms with Crippen molar-refractivity contribution in [3.63, 3.8) is 0 Å². The molecular formula is C23H28N2O2. The first-order chi connectivity index (χ1) is 12.9. The smallest absolute Gasteiger partial charge is 0.186 e. The quantitative estimate of drug-likeness (QED) is 0.568. The fourth-order valence-corrected chi connectivity index (χ4v) is 3.00. The maximum Gasteiger partial charge on any atom is 0.186 e. The maximum absolute atomic E-state index is 5.86. The molecule has 0 aliphatic carbocycles. The van der Waals surface area contributed by atoms with Crippen LogP contribution in [0.25, 0.3) is 16.9 Å². The minimum absolute atomic E-state index is 0.143. The van der Waals surface area contributed by atoms with E-state index in [9.17, 15) is 0 Å². The van der Waals surface area contributed by atoms with Gasteiger partial charge in [0.1, 0.15) is 5.69 Å². The monoisotopic (exact) mass is 364 g/mol. The third-order valence-electron chi connectivity index (χ3n) is 4.43. The predicted molar refractivity (Wildman–Crippen MR) is 110 cm³/mol. The van der Waals surface area contributed by atoms with Crippen molar-refractivity contribution < 1.29 is 9.47 Å². The van der Waals surface area contributed by atoms with Crippen LogP contribution in [0.2, 0.25) is 0 Å². The van der Waals surface area contributed by atoms with Crippen molar-refractivity contribution in [2.24, 2.45) is 0 Å². The highest BCUT2D eigenvalue weighted by atomic mass is 16.5. The fourth-order valence-electron chi connectivity index (χ4n) is 3.00. The Kier molecular flexibility index (Phi) is 5.54. The first-order valence-electron chi connectivity index (χ1n) is 9.49. The average molecular weight is 364 g/mol. The standard InChI is InChI=1S/C23H28N2O2/c1-6-26-21-10-8-9-20(22(21)27-7-2)25-16-15-19(24-25)17-11-13-18(14-12-17)23(3,4)5/h8-16H,6-7H2,1-5H3. The molecule has 4 heteroatoms. The normalized spacial score (nSPS) is 11.4. The lowest BCUT2D eigenvalue weighted by molar-refractivity contribution is 0.286. The minimum atomic E-state index is 0.143. The molecule has 0 aliphatic rings. The van der Waals surface area contributed by atoms with Crippen molar-refractivity contribution >= 4 is 0 Å². The Morgan fingerprint density at radius 1 is 0.889 bits per heavy atom. The van der Waals surface area contributed by atoms with Crippen molar-refractivity contribution in [3.8, 4) is 28.4 Å². The average Bonchev–Trinajstić information content (AvgIpc) is 3.13. The Balaban J connectivity index is 1.95. The summed E-state index contributed by atoms with van der Waals surface area (Å²) < 4.78 is 13.4. The van der Waals surface area contributed by atoms with Gasteiger partial charge in [-0.15, -0.1) is 0 Å². The van der Waals surface area contributed by atoms with E-state index in [4.69, 9.17) is 14.6 Å². The summed E-state index contributed by atoms with van der Waals surface area (Å²) in [5.41, 5.74) is 4.36. The van der Waals surface area contributed by atoms with Crippen LogP contribution < -0.4 is 9.47 Å². The summed E-state index contributed by atoms with van der Waals surface area (Å²) in [5.74, 6) is 1.46. The topological polar surface area (TPSA) is 36.3 Å². The van der Waals surface area contributed by atoms with E-state index in [1.807, 2.05) is 49.0 Å². The molecule has 3 aromatic rings. The van der Waals surface area contributed by atoms with Gasteiger partial charge in [0.05, 0.1) is 18.9 Å². The van der Waals surface area contributed by atoms with Gasteiger partial charge in [0.2, 0.25) is 0 Å². The van der Waals surface area contributed by atoms with E-state index in [1.165, 1.54) is 5.56 Å². The van der Waals surface area contributed by atoms with Gasteiger partial charge in [-0.1, -0.05) is 51.1 Å². The van der Waals surface area contributed by atoms with Gasteiger partial charge in [-0.2, -0.15) is 5.10 Å². The second-order valence-corrected chi connectivity index (χ2v) is 7.44. The van der Waals surface area contributed by atoms with Gasteiger partial charge in [0, 0.05) is 11.8 Å². The fraction of sp³-hybridized carbons (Fsp3) is 0.348. The molecular weight excluding hydrogens is 336 g/mol. The molecule has 0 spiro atoms. The Hall–Kier alpha value is -2.75. The zero-order valence-corrected chi connectivity index (χ0v) is 16.8. The Morgan fingerprint density at radius 2 is 1.59 bits per heavy atom. The molecule has 0 saturated carbocycles. The molecule has 0 aliphatic heterocycles. The number of hydrogen-bond acceptors (Lipinski definition) is 3. The SMILES string of the molecule is CCOc1cccc(-n2ccc(-c3ccc(C(C)(C)C)cc3)n2)c1OCC. The zero-order chi connectivity index (χ0) is 19.4. The lowest BCUT2D eigenvalue weighted by atomic mass is 9.86. The van der Waals surface area contributed by atoms with Crippen LogP contribution in [0.5, 0.6) is 11.5 Å². The Morgan fingerprint density at radius 3 is 2.22 bits per heavy atom. The van der Waals surface area contributed by atoms with Crippen molar-refractivity contribution in [1.82, 2.24) is 9.78 Å². The van der Waals surface area contributed by atoms with Crippen LogP contribution in [0.1, 0.15) is 40.2 Å². The van der Waals surface area contributed by atoms with Crippen LogP contribution in [-0.2, 0) is 5.41 Å². The maximum atomic E-state index is 5.86. The van der Waals surface area contributed by atoms with Gasteiger partial charge < -0.3 is 9.47 Å². The number of rotatable bonds is 6. The molecule has 1 aromatic heterocycles. The third-order valence-corrected chi connectivity index (χ3v) is 4.43. The van der Waals surface area contributed by atoms with E-state index in [0.29, 0.717) is 13.2 Å². The molecule has 0 radical (unpaired) electrons. The Bertz CT molecular complexity index is 889. The van der Waals surface area contributed by atoms with Crippen LogP contribution in [0.15, 0.2) is 54.7 Å². The molecule has 0 bridgehead atoms. The first kappa shape index (κ1) is 19.0. The summed E-state index contributed by atoms with van der Waals surface area (Å²) >= 11 is 0. The number of ether oxygens (including phenoxy) is 2. The number of para-hydroxylation sites is 1. The van der Waals surface area contributed by atoms with E-state index in [0.717, 1.165) is 28.4 Å². The third kappa shape index (κ3) is 4.16. The molecule has 142 valence electrons. The van der Waals surface area contributed by atoms with Crippen molar-refractivity contribution in [2.75, 3.05) is 13.2 Å². The largest absolute Gasteiger partial charge is 0.490 e. The van der Waals surface area contributed by atoms with E-state index < -0.39 is 0 Å². The van der Waals surface area contributed by atoms with Crippen LogP contribution >= 0.6 is 0 Å². The number of nitrogens with zero attached hydrogens (tertiary/aromatic N) is 2. The van der Waals surface area contributed by atoms with E-state index in [1.54, 1.807) is 0 Å². The summed E-state index contributed by atoms with van der Waals surface area (Å²) in [6.07, 6.45) is 1.96. The van der Waals surface area contributed by atoms with E-state index in [2.05, 4.69) is 45.0 Å². The Labute approximate surface area is 161 Å². The van der Waals surface area contributed by atoms with Gasteiger partial charge in [-0.25, -0.2) is 4.68 Å². The van der Waals surface area contributed by atoms with E-state index >= 15 is 0 Å². The minimum Gasteiger partial charge on any atom is -0.490 e. The van der Waals surface area contributed by atoms with Gasteiger partial charge in [0.15, 0.2) is 11.5 Å². The van der Waals surface area contributed by atoms with Crippen LogP contribution in [0.4, 0.5) is 0 Å². The van der Waals surface area contributed by atoms with Crippen LogP contribution in [-0.4, -0.2) is 23.0 Å². The highest BCUT2D eigenvalue weighted by molar-refractivity contribution is 5.61. The molecule has 0 amide bonds. The molecule has 3 rings (SSSR count). The molecule has 0 fully saturated rings. The van der Waals surface area contributed by atoms with Crippen molar-refractivity contribution in [1.29, 1.82) is 0 Å².